The average molecular weight is 471 g/mol. The molecule has 0 bridgehead atoms. The van der Waals surface area contributed by atoms with Crippen LogP contribution in [0.2, 0.25) is 0 Å². The Balaban J connectivity index is 0.00000289. The minimum Gasteiger partial charge on any atom is -0.497 e. The van der Waals surface area contributed by atoms with Crippen LogP contribution in [-0.2, 0) is 17.8 Å². The number of anilines is 1. The van der Waals surface area contributed by atoms with E-state index in [1.807, 2.05) is 33.9 Å². The summed E-state index contributed by atoms with van der Waals surface area (Å²) < 4.78 is 8.37. The highest BCUT2D eigenvalue weighted by molar-refractivity contribution is 7.22. The second-order valence-electron chi connectivity index (χ2n) is 7.64. The number of methoxy groups -OCH3 is 1. The van der Waals surface area contributed by atoms with Crippen molar-refractivity contribution >= 4 is 45.0 Å². The normalized spacial score (nSPS) is 10.7. The molecule has 0 aliphatic rings. The Morgan fingerprint density at radius 3 is 2.75 bits per heavy atom. The summed E-state index contributed by atoms with van der Waals surface area (Å²) in [4.78, 5) is 24.1. The minimum atomic E-state index is 0. The van der Waals surface area contributed by atoms with E-state index in [0.717, 1.165) is 45.2 Å². The molecule has 2 heterocycles. The lowest BCUT2D eigenvalue weighted by Gasteiger charge is -2.20. The fourth-order valence-electron chi connectivity index (χ4n) is 3.60. The van der Waals surface area contributed by atoms with Crippen LogP contribution < -0.4 is 9.64 Å². The minimum absolute atomic E-state index is 0. The zero-order valence-electron chi connectivity index (χ0n) is 18.4. The Hall–Kier alpha value is -2.90. The van der Waals surface area contributed by atoms with E-state index in [9.17, 15) is 4.79 Å². The van der Waals surface area contributed by atoms with Crippen LogP contribution in [-0.4, -0.2) is 34.1 Å². The third-order valence-corrected chi connectivity index (χ3v) is 6.35. The quantitative estimate of drug-likeness (QED) is 0.355. The number of imidazole rings is 1. The maximum atomic E-state index is 13.4. The number of aryl methyl sites for hydroxylation is 3. The van der Waals surface area contributed by atoms with Crippen LogP contribution >= 0.6 is 23.7 Å². The fraction of sp³-hybridized carbons (Fsp3) is 0.292. The van der Waals surface area contributed by atoms with E-state index in [1.165, 1.54) is 16.9 Å². The zero-order chi connectivity index (χ0) is 21.8. The highest BCUT2D eigenvalue weighted by atomic mass is 35.5. The lowest BCUT2D eigenvalue weighted by molar-refractivity contribution is -0.118. The third-order valence-electron chi connectivity index (χ3n) is 5.31. The summed E-state index contributed by atoms with van der Waals surface area (Å²) in [5.74, 6) is 0.847. The van der Waals surface area contributed by atoms with Gasteiger partial charge in [-0.15, -0.1) is 12.4 Å². The summed E-state index contributed by atoms with van der Waals surface area (Å²) in [6.07, 6.45) is 6.67. The van der Waals surface area contributed by atoms with Crippen molar-refractivity contribution in [2.24, 2.45) is 0 Å². The number of benzene rings is 2. The number of thiazole rings is 1. The van der Waals surface area contributed by atoms with Gasteiger partial charge in [0.2, 0.25) is 5.91 Å². The van der Waals surface area contributed by atoms with Crippen LogP contribution in [0, 0.1) is 13.8 Å². The van der Waals surface area contributed by atoms with Crippen molar-refractivity contribution in [2.75, 3.05) is 18.6 Å². The molecule has 0 saturated carbocycles. The van der Waals surface area contributed by atoms with E-state index < -0.39 is 0 Å². The number of amides is 1. The lowest BCUT2D eigenvalue weighted by Crippen LogP contribution is -2.33. The predicted octanol–water partition coefficient (Wildman–Crippen LogP) is 5.21. The van der Waals surface area contributed by atoms with Crippen molar-refractivity contribution in [1.82, 2.24) is 14.5 Å². The standard InChI is InChI=1S/C24H26N4O2S.ClH/c1-17-5-6-19(18(2)13-17)14-23(29)28(11-4-10-27-12-9-25-16-27)24-26-21-8-7-20(30-3)15-22(21)31-24;/h5-9,12-13,15-16H,4,10-11,14H2,1-3H3;1H. The first kappa shape index (κ1) is 23.8. The molecule has 0 saturated heterocycles. The van der Waals surface area contributed by atoms with Crippen LogP contribution in [0.15, 0.2) is 55.1 Å². The van der Waals surface area contributed by atoms with E-state index in [-0.39, 0.29) is 18.3 Å². The second-order valence-corrected chi connectivity index (χ2v) is 8.65. The van der Waals surface area contributed by atoms with Gasteiger partial charge in [0, 0.05) is 25.5 Å². The van der Waals surface area contributed by atoms with Crippen LogP contribution in [0.1, 0.15) is 23.1 Å². The fourth-order valence-corrected chi connectivity index (χ4v) is 4.63. The molecular formula is C24H27ClN4O2S. The van der Waals surface area contributed by atoms with Crippen molar-refractivity contribution < 1.29 is 9.53 Å². The Morgan fingerprint density at radius 1 is 1.19 bits per heavy atom. The molecule has 0 N–H and O–H groups in total. The largest absolute Gasteiger partial charge is 0.497 e. The highest BCUT2D eigenvalue weighted by Crippen LogP contribution is 2.32. The molecule has 0 aliphatic carbocycles. The topological polar surface area (TPSA) is 60.2 Å². The van der Waals surface area contributed by atoms with Crippen LogP contribution in [0.25, 0.3) is 10.2 Å². The van der Waals surface area contributed by atoms with E-state index in [1.54, 1.807) is 19.6 Å². The van der Waals surface area contributed by atoms with E-state index in [0.29, 0.717) is 13.0 Å². The van der Waals surface area contributed by atoms with Crippen LogP contribution in [0.5, 0.6) is 5.75 Å². The number of hydrogen-bond acceptors (Lipinski definition) is 5. The van der Waals surface area contributed by atoms with Gasteiger partial charge in [0.15, 0.2) is 5.13 Å². The molecule has 168 valence electrons. The first-order chi connectivity index (χ1) is 15.0. The second kappa shape index (κ2) is 10.6. The highest BCUT2D eigenvalue weighted by Gasteiger charge is 2.21. The number of halogens is 1. The number of nitrogens with zero attached hydrogens (tertiary/aromatic N) is 4. The lowest BCUT2D eigenvalue weighted by atomic mass is 10.0. The first-order valence-corrected chi connectivity index (χ1v) is 11.1. The molecule has 0 spiro atoms. The van der Waals surface area contributed by atoms with Crippen LogP contribution in [0.4, 0.5) is 5.13 Å². The summed E-state index contributed by atoms with van der Waals surface area (Å²) in [6, 6.07) is 12.0. The molecule has 0 unspecified atom stereocenters. The monoisotopic (exact) mass is 470 g/mol. The molecule has 32 heavy (non-hydrogen) atoms. The van der Waals surface area contributed by atoms with Gasteiger partial charge < -0.3 is 9.30 Å². The van der Waals surface area contributed by atoms with E-state index in [4.69, 9.17) is 9.72 Å². The van der Waals surface area contributed by atoms with Gasteiger partial charge in [-0.2, -0.15) is 0 Å². The van der Waals surface area contributed by atoms with Gasteiger partial charge in [0.25, 0.3) is 0 Å². The van der Waals surface area contributed by atoms with Gasteiger partial charge in [-0.25, -0.2) is 9.97 Å². The molecule has 8 heteroatoms. The molecular weight excluding hydrogens is 444 g/mol. The SMILES string of the molecule is COc1ccc2nc(N(CCCn3ccnc3)C(=O)Cc3ccc(C)cc3C)sc2c1.Cl. The Bertz CT molecular complexity index is 1190. The molecule has 1 amide bonds. The molecule has 0 aliphatic heterocycles. The molecule has 4 rings (SSSR count). The summed E-state index contributed by atoms with van der Waals surface area (Å²) >= 11 is 1.52. The van der Waals surface area contributed by atoms with E-state index >= 15 is 0 Å². The van der Waals surface area contributed by atoms with Gasteiger partial charge in [-0.3, -0.25) is 9.69 Å². The number of carbonyl (C=O) groups is 1. The molecule has 0 atom stereocenters. The number of aromatic nitrogens is 3. The van der Waals surface area contributed by atoms with Crippen molar-refractivity contribution in [3.8, 4) is 5.75 Å². The van der Waals surface area contributed by atoms with Crippen molar-refractivity contribution in [1.29, 1.82) is 0 Å². The van der Waals surface area contributed by atoms with Crippen LogP contribution in [0.3, 0.4) is 0 Å². The summed E-state index contributed by atoms with van der Waals surface area (Å²) in [6.45, 7) is 5.52. The molecule has 4 aromatic rings. The smallest absolute Gasteiger partial charge is 0.233 e. The Morgan fingerprint density at radius 2 is 2.03 bits per heavy atom. The maximum Gasteiger partial charge on any atom is 0.233 e. The molecule has 0 radical (unpaired) electrons. The predicted molar refractivity (Wildman–Crippen MR) is 132 cm³/mol. The molecule has 2 aromatic carbocycles. The van der Waals surface area contributed by atoms with E-state index in [2.05, 4.69) is 37.0 Å². The number of fused-ring (bicyclic) bond motifs is 1. The molecule has 0 fully saturated rings. The van der Waals surface area contributed by atoms with Gasteiger partial charge in [-0.1, -0.05) is 35.1 Å². The Kier molecular flexibility index (Phi) is 7.88. The number of hydrogen-bond donors (Lipinski definition) is 0. The summed E-state index contributed by atoms with van der Waals surface area (Å²) in [7, 11) is 1.65. The van der Waals surface area contributed by atoms with Gasteiger partial charge in [-0.05, 0) is 49.6 Å². The molecule has 6 nitrogen and oxygen atoms in total. The summed E-state index contributed by atoms with van der Waals surface area (Å²) in [5, 5.41) is 0.726. The van der Waals surface area contributed by atoms with Gasteiger partial charge >= 0.3 is 0 Å². The van der Waals surface area contributed by atoms with Gasteiger partial charge in [0.05, 0.1) is 30.1 Å². The third kappa shape index (κ3) is 5.47. The molecule has 2 aromatic heterocycles. The maximum absolute atomic E-state index is 13.4. The van der Waals surface area contributed by atoms with Crippen molar-refractivity contribution in [3.63, 3.8) is 0 Å². The number of rotatable bonds is 8. The number of ether oxygens (including phenoxy) is 1. The number of carbonyl (C=O) groups excluding carboxylic acids is 1. The summed E-state index contributed by atoms with van der Waals surface area (Å²) in [5.41, 5.74) is 4.27. The zero-order valence-corrected chi connectivity index (χ0v) is 20.1. The van der Waals surface area contributed by atoms with Crippen molar-refractivity contribution in [3.05, 3.63) is 71.8 Å². The van der Waals surface area contributed by atoms with Crippen molar-refractivity contribution in [2.45, 2.75) is 33.2 Å². The average Bonchev–Trinajstić information content (AvgIpc) is 3.42. The Labute approximate surface area is 198 Å². The first-order valence-electron chi connectivity index (χ1n) is 10.3. The van der Waals surface area contributed by atoms with Gasteiger partial charge in [0.1, 0.15) is 5.75 Å².